The standard InChI is InChI=1S/C14H18N6/c1-10-6-13(18-11(2)17-10)19(3)12-8-20(9-12)14-7-15-4-5-16-14/h4-7,12H,8-9H2,1-3H3. The summed E-state index contributed by atoms with van der Waals surface area (Å²) in [7, 11) is 2.08. The molecule has 1 aliphatic heterocycles. The molecule has 0 amide bonds. The molecular weight excluding hydrogens is 252 g/mol. The van der Waals surface area contributed by atoms with E-state index in [0.29, 0.717) is 6.04 Å². The van der Waals surface area contributed by atoms with E-state index in [4.69, 9.17) is 0 Å². The van der Waals surface area contributed by atoms with Gasteiger partial charge in [0.05, 0.1) is 12.2 Å². The van der Waals surface area contributed by atoms with Crippen LogP contribution in [0.5, 0.6) is 0 Å². The minimum Gasteiger partial charge on any atom is -0.353 e. The Morgan fingerprint density at radius 1 is 1.20 bits per heavy atom. The Morgan fingerprint density at radius 3 is 2.65 bits per heavy atom. The molecule has 0 bridgehead atoms. The van der Waals surface area contributed by atoms with Crippen molar-refractivity contribution in [1.82, 2.24) is 19.9 Å². The highest BCUT2D eigenvalue weighted by Crippen LogP contribution is 2.23. The molecule has 1 fully saturated rings. The summed E-state index contributed by atoms with van der Waals surface area (Å²) in [5.41, 5.74) is 1.00. The van der Waals surface area contributed by atoms with Crippen molar-refractivity contribution in [3.63, 3.8) is 0 Å². The zero-order valence-corrected chi connectivity index (χ0v) is 12.0. The number of aromatic nitrogens is 4. The van der Waals surface area contributed by atoms with Gasteiger partial charge in [-0.05, 0) is 13.8 Å². The number of rotatable bonds is 3. The Balaban J connectivity index is 1.67. The van der Waals surface area contributed by atoms with E-state index in [1.165, 1.54) is 0 Å². The Hall–Kier alpha value is -2.24. The van der Waals surface area contributed by atoms with Crippen molar-refractivity contribution in [2.24, 2.45) is 0 Å². The molecule has 0 aromatic carbocycles. The molecule has 1 saturated heterocycles. The molecule has 6 heteroatoms. The fourth-order valence-corrected chi connectivity index (χ4v) is 2.41. The van der Waals surface area contributed by atoms with Crippen LogP contribution in [0.1, 0.15) is 11.5 Å². The van der Waals surface area contributed by atoms with E-state index in [2.05, 4.69) is 36.8 Å². The van der Waals surface area contributed by atoms with Crippen LogP contribution in [-0.2, 0) is 0 Å². The second-order valence-corrected chi connectivity index (χ2v) is 5.15. The van der Waals surface area contributed by atoms with Crippen LogP contribution in [-0.4, -0.2) is 46.1 Å². The average molecular weight is 270 g/mol. The predicted molar refractivity (Wildman–Crippen MR) is 77.9 cm³/mol. The molecule has 1 aliphatic rings. The van der Waals surface area contributed by atoms with Crippen LogP contribution >= 0.6 is 0 Å². The zero-order chi connectivity index (χ0) is 14.1. The van der Waals surface area contributed by atoms with Gasteiger partial charge in [0, 0.05) is 44.3 Å². The van der Waals surface area contributed by atoms with E-state index in [1.807, 2.05) is 19.9 Å². The van der Waals surface area contributed by atoms with Crippen molar-refractivity contribution < 1.29 is 0 Å². The Labute approximate surface area is 118 Å². The van der Waals surface area contributed by atoms with Crippen molar-refractivity contribution in [3.05, 3.63) is 36.2 Å². The first-order valence-corrected chi connectivity index (χ1v) is 6.69. The zero-order valence-electron chi connectivity index (χ0n) is 12.0. The van der Waals surface area contributed by atoms with E-state index in [1.54, 1.807) is 18.6 Å². The summed E-state index contributed by atoms with van der Waals surface area (Å²) in [5.74, 6) is 2.74. The van der Waals surface area contributed by atoms with Crippen LogP contribution in [0.2, 0.25) is 0 Å². The topological polar surface area (TPSA) is 58.0 Å². The fourth-order valence-electron chi connectivity index (χ4n) is 2.41. The van der Waals surface area contributed by atoms with Crippen molar-refractivity contribution in [1.29, 1.82) is 0 Å². The Bertz CT molecular complexity index is 574. The number of anilines is 2. The number of aryl methyl sites for hydroxylation is 2. The molecule has 6 nitrogen and oxygen atoms in total. The SMILES string of the molecule is Cc1cc(N(C)C2CN(c3cnccn3)C2)nc(C)n1. The molecule has 0 saturated carbocycles. The number of hydrogen-bond donors (Lipinski definition) is 0. The molecular formula is C14H18N6. The third-order valence-electron chi connectivity index (χ3n) is 3.60. The van der Waals surface area contributed by atoms with Gasteiger partial charge in [0.2, 0.25) is 0 Å². The first kappa shape index (κ1) is 12.8. The molecule has 3 rings (SSSR count). The van der Waals surface area contributed by atoms with Gasteiger partial charge >= 0.3 is 0 Å². The molecule has 0 aliphatic carbocycles. The quantitative estimate of drug-likeness (QED) is 0.835. The molecule has 0 atom stereocenters. The molecule has 0 radical (unpaired) electrons. The lowest BCUT2D eigenvalue weighted by Gasteiger charge is -2.44. The van der Waals surface area contributed by atoms with Gasteiger partial charge in [-0.2, -0.15) is 0 Å². The second-order valence-electron chi connectivity index (χ2n) is 5.15. The first-order chi connectivity index (χ1) is 9.63. The van der Waals surface area contributed by atoms with Gasteiger partial charge in [-0.3, -0.25) is 4.98 Å². The Morgan fingerprint density at radius 2 is 2.00 bits per heavy atom. The van der Waals surface area contributed by atoms with Crippen molar-refractivity contribution in [2.75, 3.05) is 29.9 Å². The van der Waals surface area contributed by atoms with Crippen LogP contribution < -0.4 is 9.80 Å². The normalized spacial score (nSPS) is 15.1. The summed E-state index contributed by atoms with van der Waals surface area (Å²) < 4.78 is 0. The molecule has 0 N–H and O–H groups in total. The van der Waals surface area contributed by atoms with Crippen LogP contribution in [0.4, 0.5) is 11.6 Å². The summed E-state index contributed by atoms with van der Waals surface area (Å²) in [6.07, 6.45) is 5.22. The summed E-state index contributed by atoms with van der Waals surface area (Å²) in [5, 5.41) is 0. The van der Waals surface area contributed by atoms with Crippen LogP contribution in [0.15, 0.2) is 24.7 Å². The summed E-state index contributed by atoms with van der Waals surface area (Å²) in [6, 6.07) is 2.48. The highest BCUT2D eigenvalue weighted by Gasteiger charge is 2.31. The van der Waals surface area contributed by atoms with Crippen LogP contribution in [0.3, 0.4) is 0 Å². The van der Waals surface area contributed by atoms with E-state index in [9.17, 15) is 0 Å². The molecule has 104 valence electrons. The third-order valence-corrected chi connectivity index (χ3v) is 3.60. The third kappa shape index (κ3) is 2.41. The van der Waals surface area contributed by atoms with Gasteiger partial charge in [-0.1, -0.05) is 0 Å². The molecule has 0 unspecified atom stereocenters. The number of nitrogens with zero attached hydrogens (tertiary/aromatic N) is 6. The van der Waals surface area contributed by atoms with Gasteiger partial charge in [0.15, 0.2) is 0 Å². The minimum atomic E-state index is 0.450. The average Bonchev–Trinajstić information content (AvgIpc) is 2.37. The molecule has 20 heavy (non-hydrogen) atoms. The highest BCUT2D eigenvalue weighted by atomic mass is 15.3. The molecule has 2 aromatic rings. The molecule has 3 heterocycles. The van der Waals surface area contributed by atoms with Crippen LogP contribution in [0.25, 0.3) is 0 Å². The van der Waals surface area contributed by atoms with Gasteiger partial charge in [-0.15, -0.1) is 0 Å². The number of hydrogen-bond acceptors (Lipinski definition) is 6. The lowest BCUT2D eigenvalue weighted by Crippen LogP contribution is -2.59. The maximum Gasteiger partial charge on any atom is 0.147 e. The largest absolute Gasteiger partial charge is 0.353 e. The summed E-state index contributed by atoms with van der Waals surface area (Å²) in [6.45, 7) is 5.81. The van der Waals surface area contributed by atoms with E-state index in [-0.39, 0.29) is 0 Å². The maximum absolute atomic E-state index is 4.50. The first-order valence-electron chi connectivity index (χ1n) is 6.69. The minimum absolute atomic E-state index is 0.450. The van der Waals surface area contributed by atoms with Crippen LogP contribution in [0, 0.1) is 13.8 Å². The molecule has 0 spiro atoms. The second kappa shape index (κ2) is 5.03. The van der Waals surface area contributed by atoms with E-state index >= 15 is 0 Å². The van der Waals surface area contributed by atoms with E-state index in [0.717, 1.165) is 36.2 Å². The maximum atomic E-state index is 4.50. The predicted octanol–water partition coefficient (Wildman–Crippen LogP) is 1.21. The van der Waals surface area contributed by atoms with Crippen molar-refractivity contribution in [2.45, 2.75) is 19.9 Å². The lowest BCUT2D eigenvalue weighted by molar-refractivity contribution is 0.488. The highest BCUT2D eigenvalue weighted by molar-refractivity contribution is 5.47. The van der Waals surface area contributed by atoms with Crippen molar-refractivity contribution in [3.8, 4) is 0 Å². The smallest absolute Gasteiger partial charge is 0.147 e. The lowest BCUT2D eigenvalue weighted by atomic mass is 10.1. The van der Waals surface area contributed by atoms with Gasteiger partial charge < -0.3 is 9.80 Å². The Kier molecular flexibility index (Phi) is 3.22. The summed E-state index contributed by atoms with van der Waals surface area (Å²) in [4.78, 5) is 21.7. The van der Waals surface area contributed by atoms with Gasteiger partial charge in [0.1, 0.15) is 17.5 Å². The number of likely N-dealkylation sites (N-methyl/N-ethyl adjacent to an activating group) is 1. The van der Waals surface area contributed by atoms with Gasteiger partial charge in [0.25, 0.3) is 0 Å². The fraction of sp³-hybridized carbons (Fsp3) is 0.429. The monoisotopic (exact) mass is 270 g/mol. The van der Waals surface area contributed by atoms with Gasteiger partial charge in [-0.25, -0.2) is 15.0 Å². The summed E-state index contributed by atoms with van der Waals surface area (Å²) >= 11 is 0. The molecule has 2 aromatic heterocycles. The van der Waals surface area contributed by atoms with E-state index < -0.39 is 0 Å². The van der Waals surface area contributed by atoms with Crippen molar-refractivity contribution >= 4 is 11.6 Å².